The summed E-state index contributed by atoms with van der Waals surface area (Å²) in [7, 11) is 0. The van der Waals surface area contributed by atoms with E-state index in [2.05, 4.69) is 20.2 Å². The van der Waals surface area contributed by atoms with E-state index in [0.717, 1.165) is 79.8 Å². The van der Waals surface area contributed by atoms with Gasteiger partial charge in [-0.15, -0.1) is 0 Å². The predicted molar refractivity (Wildman–Crippen MR) is 163 cm³/mol. The van der Waals surface area contributed by atoms with E-state index in [0.29, 0.717) is 12.2 Å². The molecular formula is C33H34F3N7O2. The summed E-state index contributed by atoms with van der Waals surface area (Å²) in [6.07, 6.45) is 8.79. The SMILES string of the molecule is Cc1nccn2c([C@@H]3CCCCN3C(=O)/C=C/CN3CCCC3)nc(-c3ccc(C(=O)Nc4cc(C(F)(F)F)ccn4)cc3)c12. The maximum Gasteiger partial charge on any atom is 0.416 e. The number of rotatable bonds is 7. The summed E-state index contributed by atoms with van der Waals surface area (Å²) in [6.45, 7) is 5.46. The fraction of sp³-hybridized carbons (Fsp3) is 0.364. The van der Waals surface area contributed by atoms with E-state index in [1.807, 2.05) is 28.5 Å². The van der Waals surface area contributed by atoms with E-state index in [1.165, 1.54) is 12.8 Å². The van der Waals surface area contributed by atoms with Crippen molar-refractivity contribution >= 4 is 23.1 Å². The largest absolute Gasteiger partial charge is 0.416 e. The summed E-state index contributed by atoms with van der Waals surface area (Å²) in [5.41, 5.74) is 2.34. The first kappa shape index (κ1) is 30.4. The van der Waals surface area contributed by atoms with Crippen LogP contribution in [0.4, 0.5) is 19.0 Å². The van der Waals surface area contributed by atoms with Gasteiger partial charge in [0.05, 0.1) is 28.5 Å². The van der Waals surface area contributed by atoms with Gasteiger partial charge >= 0.3 is 6.18 Å². The molecule has 2 fully saturated rings. The number of carbonyl (C=O) groups is 2. The van der Waals surface area contributed by atoms with Gasteiger partial charge < -0.3 is 10.2 Å². The van der Waals surface area contributed by atoms with Gasteiger partial charge in [-0.25, -0.2) is 9.97 Å². The molecule has 2 saturated heterocycles. The third-order valence-electron chi connectivity index (χ3n) is 8.42. The van der Waals surface area contributed by atoms with Crippen LogP contribution in [-0.2, 0) is 11.0 Å². The van der Waals surface area contributed by atoms with Gasteiger partial charge in [0.15, 0.2) is 0 Å². The van der Waals surface area contributed by atoms with Crippen molar-refractivity contribution in [2.75, 3.05) is 31.5 Å². The molecule has 0 aliphatic carbocycles. The minimum Gasteiger partial charge on any atom is -0.329 e. The van der Waals surface area contributed by atoms with Crippen LogP contribution in [0.15, 0.2) is 67.1 Å². The van der Waals surface area contributed by atoms with Crippen LogP contribution in [0.5, 0.6) is 0 Å². The number of benzene rings is 1. The zero-order valence-corrected chi connectivity index (χ0v) is 24.9. The van der Waals surface area contributed by atoms with Gasteiger partial charge in [-0.05, 0) is 76.4 Å². The Kier molecular flexibility index (Phi) is 8.66. The number of imidazole rings is 1. The number of hydrogen-bond donors (Lipinski definition) is 1. The summed E-state index contributed by atoms with van der Waals surface area (Å²) in [4.78, 5) is 43.9. The molecule has 45 heavy (non-hydrogen) atoms. The Bertz CT molecular complexity index is 1730. The van der Waals surface area contributed by atoms with Crippen LogP contribution in [0, 0.1) is 6.92 Å². The van der Waals surface area contributed by atoms with Gasteiger partial charge in [-0.2, -0.15) is 13.2 Å². The van der Waals surface area contributed by atoms with Gasteiger partial charge in [-0.1, -0.05) is 18.2 Å². The molecule has 6 rings (SSSR count). The highest BCUT2D eigenvalue weighted by Gasteiger charge is 2.32. The van der Waals surface area contributed by atoms with Crippen LogP contribution < -0.4 is 5.32 Å². The van der Waals surface area contributed by atoms with Crippen LogP contribution in [0.25, 0.3) is 16.8 Å². The number of halogens is 3. The first-order chi connectivity index (χ1) is 21.7. The van der Waals surface area contributed by atoms with Crippen molar-refractivity contribution < 1.29 is 22.8 Å². The maximum absolute atomic E-state index is 13.4. The molecule has 0 saturated carbocycles. The minimum absolute atomic E-state index is 0.0198. The molecule has 3 aromatic heterocycles. The van der Waals surface area contributed by atoms with Crippen molar-refractivity contribution in [3.63, 3.8) is 0 Å². The van der Waals surface area contributed by atoms with Crippen molar-refractivity contribution in [1.29, 1.82) is 0 Å². The molecule has 0 bridgehead atoms. The highest BCUT2D eigenvalue weighted by molar-refractivity contribution is 6.04. The molecule has 4 aromatic rings. The lowest BCUT2D eigenvalue weighted by atomic mass is 10.0. The van der Waals surface area contributed by atoms with Crippen LogP contribution in [0.2, 0.25) is 0 Å². The number of likely N-dealkylation sites (tertiary alicyclic amines) is 2. The van der Waals surface area contributed by atoms with Crippen LogP contribution in [0.1, 0.15) is 65.6 Å². The Hall–Kier alpha value is -4.58. The fourth-order valence-electron chi connectivity index (χ4n) is 6.13. The summed E-state index contributed by atoms with van der Waals surface area (Å²) in [6, 6.07) is 8.11. The number of fused-ring (bicyclic) bond motifs is 1. The number of nitrogens with one attached hydrogen (secondary N) is 1. The predicted octanol–water partition coefficient (Wildman–Crippen LogP) is 6.08. The van der Waals surface area contributed by atoms with Crippen molar-refractivity contribution in [2.45, 2.75) is 51.2 Å². The van der Waals surface area contributed by atoms with Gasteiger partial charge in [0.25, 0.3) is 5.91 Å². The molecule has 12 heteroatoms. The molecule has 2 amide bonds. The molecule has 9 nitrogen and oxygen atoms in total. The molecule has 5 heterocycles. The lowest BCUT2D eigenvalue weighted by molar-refractivity contribution is -0.137. The van der Waals surface area contributed by atoms with Gasteiger partial charge in [0.1, 0.15) is 11.6 Å². The van der Waals surface area contributed by atoms with Crippen LogP contribution in [-0.4, -0.2) is 67.1 Å². The van der Waals surface area contributed by atoms with Crippen molar-refractivity contribution in [3.05, 3.63) is 89.8 Å². The number of nitrogens with zero attached hydrogens (tertiary/aromatic N) is 6. The number of aromatic nitrogens is 4. The molecule has 1 atom stereocenters. The van der Waals surface area contributed by atoms with E-state index >= 15 is 0 Å². The average Bonchev–Trinajstić information content (AvgIpc) is 3.70. The first-order valence-electron chi connectivity index (χ1n) is 15.2. The van der Waals surface area contributed by atoms with Crippen molar-refractivity contribution in [1.82, 2.24) is 29.2 Å². The Balaban J connectivity index is 1.25. The lowest BCUT2D eigenvalue weighted by Crippen LogP contribution is -2.38. The Morgan fingerprint density at radius 1 is 1.00 bits per heavy atom. The highest BCUT2D eigenvalue weighted by Crippen LogP contribution is 2.35. The molecule has 0 radical (unpaired) electrons. The monoisotopic (exact) mass is 617 g/mol. The second-order valence-electron chi connectivity index (χ2n) is 11.5. The topological polar surface area (TPSA) is 95.7 Å². The number of aryl methyl sites for hydroxylation is 1. The normalized spacial score (nSPS) is 17.8. The summed E-state index contributed by atoms with van der Waals surface area (Å²) < 4.78 is 41.2. The standard InChI is InChI=1S/C33H34F3N7O2/c1-22-30-29(23-9-11-24(12-10-23)32(45)39-27-21-25(13-14-38-27)33(34,35)36)40-31(43(30)20-15-37-22)26-7-2-3-19-42(26)28(44)8-6-18-41-16-4-5-17-41/h6,8-15,20-21,26H,2-5,7,16-19H2,1H3,(H,38,39,45)/b8-6+/t26-/m0/s1. The molecule has 1 N–H and O–H groups in total. The Morgan fingerprint density at radius 2 is 1.76 bits per heavy atom. The Labute approximate surface area is 258 Å². The van der Waals surface area contributed by atoms with Gasteiger partial charge in [0, 0.05) is 48.9 Å². The number of alkyl halides is 3. The number of carbonyl (C=O) groups excluding carboxylic acids is 2. The van der Waals surface area contributed by atoms with Crippen molar-refractivity contribution in [3.8, 4) is 11.3 Å². The number of piperidine rings is 1. The Morgan fingerprint density at radius 3 is 2.51 bits per heavy atom. The summed E-state index contributed by atoms with van der Waals surface area (Å²) >= 11 is 0. The van der Waals surface area contributed by atoms with E-state index in [1.54, 1.807) is 36.5 Å². The molecular weight excluding hydrogens is 583 g/mol. The van der Waals surface area contributed by atoms with E-state index in [-0.39, 0.29) is 23.3 Å². The number of amides is 2. The smallest absolute Gasteiger partial charge is 0.329 e. The van der Waals surface area contributed by atoms with Gasteiger partial charge in [-0.3, -0.25) is 23.9 Å². The quantitative estimate of drug-likeness (QED) is 0.253. The maximum atomic E-state index is 13.4. The average molecular weight is 618 g/mol. The highest BCUT2D eigenvalue weighted by atomic mass is 19.4. The molecule has 1 aromatic carbocycles. The molecule has 234 valence electrons. The fourth-order valence-corrected chi connectivity index (χ4v) is 6.13. The second-order valence-corrected chi connectivity index (χ2v) is 11.5. The number of pyridine rings is 1. The molecule has 0 unspecified atom stereocenters. The number of anilines is 1. The van der Waals surface area contributed by atoms with Gasteiger partial charge in [0.2, 0.25) is 5.91 Å². The lowest BCUT2D eigenvalue weighted by Gasteiger charge is -2.34. The zero-order chi connectivity index (χ0) is 31.6. The third-order valence-corrected chi connectivity index (χ3v) is 8.42. The number of hydrogen-bond acceptors (Lipinski definition) is 6. The van der Waals surface area contributed by atoms with E-state index in [9.17, 15) is 22.8 Å². The molecule has 0 spiro atoms. The zero-order valence-electron chi connectivity index (χ0n) is 24.9. The molecule has 2 aliphatic heterocycles. The third kappa shape index (κ3) is 6.60. The summed E-state index contributed by atoms with van der Waals surface area (Å²) in [5.74, 6) is -0.0453. The van der Waals surface area contributed by atoms with Crippen molar-refractivity contribution in [2.24, 2.45) is 0 Å². The molecule has 2 aliphatic rings. The first-order valence-corrected chi connectivity index (χ1v) is 15.2. The van der Waals surface area contributed by atoms with E-state index in [4.69, 9.17) is 4.98 Å². The van der Waals surface area contributed by atoms with Crippen LogP contribution in [0.3, 0.4) is 0 Å². The minimum atomic E-state index is -4.55. The van der Waals surface area contributed by atoms with E-state index < -0.39 is 17.6 Å². The second kappa shape index (κ2) is 12.8. The van der Waals surface area contributed by atoms with Crippen LogP contribution >= 0.6 is 0 Å². The summed E-state index contributed by atoms with van der Waals surface area (Å²) in [5, 5.41) is 2.44.